The van der Waals surface area contributed by atoms with Crippen LogP contribution in [0.25, 0.3) is 0 Å². The van der Waals surface area contributed by atoms with Crippen molar-refractivity contribution < 1.29 is 37.0 Å². The van der Waals surface area contributed by atoms with E-state index in [9.17, 15) is 18.0 Å². The molecule has 1 amide bonds. The zero-order valence-electron chi connectivity index (χ0n) is 21.2. The van der Waals surface area contributed by atoms with Crippen LogP contribution in [0.1, 0.15) is 17.3 Å². The molecule has 0 heterocycles. The van der Waals surface area contributed by atoms with Crippen LogP contribution in [0.4, 0.5) is 11.4 Å². The van der Waals surface area contributed by atoms with Crippen molar-refractivity contribution >= 4 is 44.9 Å². The van der Waals surface area contributed by atoms with E-state index < -0.39 is 28.4 Å². The van der Waals surface area contributed by atoms with Crippen LogP contribution in [0.5, 0.6) is 17.2 Å². The number of benzene rings is 3. The summed E-state index contributed by atoms with van der Waals surface area (Å²) in [7, 11) is -0.217. The van der Waals surface area contributed by atoms with Crippen LogP contribution in [0.3, 0.4) is 0 Å². The summed E-state index contributed by atoms with van der Waals surface area (Å²) in [5.74, 6) is -0.440. The zero-order chi connectivity index (χ0) is 27.9. The van der Waals surface area contributed by atoms with Crippen molar-refractivity contribution in [3.63, 3.8) is 0 Å². The van der Waals surface area contributed by atoms with Gasteiger partial charge in [-0.05, 0) is 55.5 Å². The lowest BCUT2D eigenvalue weighted by Crippen LogP contribution is -2.38. The molecule has 0 spiro atoms. The topological polar surface area (TPSA) is 120 Å². The van der Waals surface area contributed by atoms with E-state index in [0.717, 1.165) is 4.31 Å². The number of esters is 1. The maximum Gasteiger partial charge on any atom is 0.340 e. The van der Waals surface area contributed by atoms with Gasteiger partial charge in [-0.1, -0.05) is 11.6 Å². The number of anilines is 2. The Morgan fingerprint density at radius 2 is 1.53 bits per heavy atom. The third kappa shape index (κ3) is 6.48. The van der Waals surface area contributed by atoms with Crippen molar-refractivity contribution in [2.24, 2.45) is 0 Å². The summed E-state index contributed by atoms with van der Waals surface area (Å²) in [6, 6.07) is 14.6. The van der Waals surface area contributed by atoms with E-state index in [-0.39, 0.29) is 33.3 Å². The number of rotatable bonds is 11. The Labute approximate surface area is 226 Å². The summed E-state index contributed by atoms with van der Waals surface area (Å²) >= 11 is 5.94. The number of ether oxygens (including phenoxy) is 4. The van der Waals surface area contributed by atoms with Gasteiger partial charge in [0.15, 0.2) is 11.5 Å². The van der Waals surface area contributed by atoms with Gasteiger partial charge in [-0.2, -0.15) is 0 Å². The largest absolute Gasteiger partial charge is 0.494 e. The number of halogens is 1. The molecule has 3 aromatic carbocycles. The first kappa shape index (κ1) is 28.6. The van der Waals surface area contributed by atoms with E-state index in [4.69, 9.17) is 30.5 Å². The fraction of sp³-hybridized carbons (Fsp3) is 0.231. The number of amides is 1. The van der Waals surface area contributed by atoms with Gasteiger partial charge in [0.2, 0.25) is 5.91 Å². The van der Waals surface area contributed by atoms with Crippen LogP contribution in [-0.4, -0.2) is 54.8 Å². The molecule has 3 aromatic rings. The summed E-state index contributed by atoms with van der Waals surface area (Å²) < 4.78 is 48.9. The Balaban J connectivity index is 2.01. The molecule has 202 valence electrons. The van der Waals surface area contributed by atoms with Crippen LogP contribution in [0.2, 0.25) is 5.02 Å². The van der Waals surface area contributed by atoms with Gasteiger partial charge in [-0.25, -0.2) is 13.2 Å². The zero-order valence-corrected chi connectivity index (χ0v) is 22.8. The molecule has 0 atom stereocenters. The minimum Gasteiger partial charge on any atom is -0.494 e. The Hall–Kier alpha value is -3.96. The highest BCUT2D eigenvalue weighted by atomic mass is 35.5. The molecule has 3 rings (SSSR count). The SMILES string of the molecule is CCOc1ccc(N(CC(=O)Nc2cc(OC)c(OC)cc2C(=O)OC)S(=O)(=O)c2ccc(Cl)cc2)cc1. The maximum absolute atomic E-state index is 13.6. The molecule has 12 heteroatoms. The number of sulfonamides is 1. The lowest BCUT2D eigenvalue weighted by Gasteiger charge is -2.24. The molecule has 0 fully saturated rings. The number of hydrogen-bond acceptors (Lipinski definition) is 8. The predicted molar refractivity (Wildman–Crippen MR) is 143 cm³/mol. The molecule has 10 nitrogen and oxygen atoms in total. The van der Waals surface area contributed by atoms with E-state index in [2.05, 4.69) is 5.32 Å². The van der Waals surface area contributed by atoms with Crippen LogP contribution >= 0.6 is 11.6 Å². The van der Waals surface area contributed by atoms with Crippen molar-refractivity contribution in [1.82, 2.24) is 0 Å². The number of hydrogen-bond donors (Lipinski definition) is 1. The summed E-state index contributed by atoms with van der Waals surface area (Å²) in [5.41, 5.74) is 0.265. The minimum absolute atomic E-state index is 0.00771. The van der Waals surface area contributed by atoms with Gasteiger partial charge in [0, 0.05) is 17.2 Å². The van der Waals surface area contributed by atoms with Crippen LogP contribution in [-0.2, 0) is 19.6 Å². The third-order valence-electron chi connectivity index (χ3n) is 5.33. The lowest BCUT2D eigenvalue weighted by molar-refractivity contribution is -0.114. The maximum atomic E-state index is 13.6. The Bertz CT molecular complexity index is 1390. The molecular formula is C26H27ClN2O8S. The van der Waals surface area contributed by atoms with E-state index in [1.165, 1.54) is 69.9 Å². The van der Waals surface area contributed by atoms with Crippen molar-refractivity contribution in [2.45, 2.75) is 11.8 Å². The summed E-state index contributed by atoms with van der Waals surface area (Å²) in [5, 5.41) is 2.95. The average molecular weight is 563 g/mol. The Morgan fingerprint density at radius 1 is 0.921 bits per heavy atom. The Kier molecular flexibility index (Phi) is 9.43. The van der Waals surface area contributed by atoms with E-state index in [1.807, 2.05) is 6.92 Å². The fourth-order valence-electron chi connectivity index (χ4n) is 3.51. The second-order valence-electron chi connectivity index (χ2n) is 7.69. The molecule has 0 aliphatic carbocycles. The van der Waals surface area contributed by atoms with Crippen molar-refractivity contribution in [3.05, 3.63) is 71.2 Å². The highest BCUT2D eigenvalue weighted by molar-refractivity contribution is 7.92. The molecule has 0 saturated heterocycles. The number of carbonyl (C=O) groups is 2. The highest BCUT2D eigenvalue weighted by Crippen LogP contribution is 2.34. The van der Waals surface area contributed by atoms with E-state index in [0.29, 0.717) is 17.4 Å². The molecule has 0 unspecified atom stereocenters. The predicted octanol–water partition coefficient (Wildman–Crippen LogP) is 4.38. The van der Waals surface area contributed by atoms with Crippen LogP contribution < -0.4 is 23.8 Å². The third-order valence-corrected chi connectivity index (χ3v) is 7.37. The second kappa shape index (κ2) is 12.5. The monoisotopic (exact) mass is 562 g/mol. The first-order valence-electron chi connectivity index (χ1n) is 11.3. The van der Waals surface area contributed by atoms with Gasteiger partial charge in [-0.15, -0.1) is 0 Å². The lowest BCUT2D eigenvalue weighted by atomic mass is 10.1. The first-order chi connectivity index (χ1) is 18.1. The van der Waals surface area contributed by atoms with Gasteiger partial charge < -0.3 is 24.3 Å². The Morgan fingerprint density at radius 3 is 2.08 bits per heavy atom. The smallest absolute Gasteiger partial charge is 0.340 e. The fourth-order valence-corrected chi connectivity index (χ4v) is 5.05. The second-order valence-corrected chi connectivity index (χ2v) is 9.98. The van der Waals surface area contributed by atoms with Gasteiger partial charge in [0.25, 0.3) is 10.0 Å². The van der Waals surface area contributed by atoms with Gasteiger partial charge >= 0.3 is 5.97 Å². The van der Waals surface area contributed by atoms with Crippen LogP contribution in [0.15, 0.2) is 65.6 Å². The van der Waals surface area contributed by atoms with Crippen molar-refractivity contribution in [1.29, 1.82) is 0 Å². The average Bonchev–Trinajstić information content (AvgIpc) is 2.92. The van der Waals surface area contributed by atoms with Crippen LogP contribution in [0, 0.1) is 0 Å². The van der Waals surface area contributed by atoms with Crippen molar-refractivity contribution in [3.8, 4) is 17.2 Å². The number of nitrogens with zero attached hydrogens (tertiary/aromatic N) is 1. The summed E-state index contributed by atoms with van der Waals surface area (Å²) in [4.78, 5) is 25.5. The molecule has 0 aromatic heterocycles. The molecule has 0 radical (unpaired) electrons. The highest BCUT2D eigenvalue weighted by Gasteiger charge is 2.28. The van der Waals surface area contributed by atoms with Gasteiger partial charge in [0.05, 0.1) is 49.8 Å². The quantitative estimate of drug-likeness (QED) is 0.342. The van der Waals surface area contributed by atoms with Gasteiger partial charge in [0.1, 0.15) is 12.3 Å². The molecule has 0 saturated carbocycles. The molecule has 38 heavy (non-hydrogen) atoms. The van der Waals surface area contributed by atoms with Crippen molar-refractivity contribution in [2.75, 3.05) is 44.1 Å². The summed E-state index contributed by atoms with van der Waals surface area (Å²) in [6.45, 7) is 1.64. The molecular weight excluding hydrogens is 536 g/mol. The van der Waals surface area contributed by atoms with Gasteiger partial charge in [-0.3, -0.25) is 9.10 Å². The molecule has 0 bridgehead atoms. The molecule has 1 N–H and O–H groups in total. The summed E-state index contributed by atoms with van der Waals surface area (Å²) in [6.07, 6.45) is 0. The molecule has 0 aliphatic heterocycles. The number of methoxy groups -OCH3 is 3. The number of nitrogens with one attached hydrogen (secondary N) is 1. The normalized spacial score (nSPS) is 10.9. The minimum atomic E-state index is -4.20. The number of carbonyl (C=O) groups excluding carboxylic acids is 2. The van der Waals surface area contributed by atoms with E-state index in [1.54, 1.807) is 12.1 Å². The standard InChI is InChI=1S/C26H27ClN2O8S/c1-5-37-19-10-8-18(9-11-19)29(38(32,33)20-12-6-17(27)7-13-20)16-25(30)28-22-15-24(35-3)23(34-2)14-21(22)26(31)36-4/h6-15H,5,16H2,1-4H3,(H,28,30). The van der Waals surface area contributed by atoms with E-state index >= 15 is 0 Å². The first-order valence-corrected chi connectivity index (χ1v) is 13.1. The molecule has 0 aliphatic rings.